The fourth-order valence-corrected chi connectivity index (χ4v) is 4.84. The summed E-state index contributed by atoms with van der Waals surface area (Å²) in [5.74, 6) is 0.703. The number of benzene rings is 3. The third-order valence-corrected chi connectivity index (χ3v) is 6.81. The lowest BCUT2D eigenvalue weighted by atomic mass is 10.0. The second kappa shape index (κ2) is 9.25. The highest BCUT2D eigenvalue weighted by atomic mass is 32.2. The molecule has 31 heavy (non-hydrogen) atoms. The Hall–Kier alpha value is -2.63. The van der Waals surface area contributed by atoms with Crippen molar-refractivity contribution in [3.8, 4) is 5.75 Å². The minimum absolute atomic E-state index is 0.0919. The zero-order valence-electron chi connectivity index (χ0n) is 18.0. The number of nitrogens with zero attached hydrogens (tertiary/aromatic N) is 1. The molecule has 1 aliphatic rings. The van der Waals surface area contributed by atoms with Crippen molar-refractivity contribution in [2.75, 3.05) is 11.5 Å². The monoisotopic (exact) mass is 447 g/mol. The zero-order valence-corrected chi connectivity index (χ0v) is 19.6. The fraction of sp³-hybridized carbons (Fsp3) is 0.231. The third-order valence-electron chi connectivity index (χ3n) is 5.50. The van der Waals surface area contributed by atoms with Crippen molar-refractivity contribution in [2.24, 2.45) is 0 Å². The number of ether oxygens (including phenoxy) is 1. The van der Waals surface area contributed by atoms with Crippen LogP contribution < -0.4 is 9.64 Å². The predicted octanol–water partition coefficient (Wildman–Crippen LogP) is 7.04. The van der Waals surface area contributed by atoms with Crippen LogP contribution in [0.5, 0.6) is 5.75 Å². The lowest BCUT2D eigenvalue weighted by Gasteiger charge is -2.16. The number of carbonyl (C=O) groups excluding carboxylic acids is 1. The van der Waals surface area contributed by atoms with Crippen LogP contribution >= 0.6 is 24.0 Å². The molecular weight excluding hydrogens is 422 g/mol. The molecular formula is C26H25NO2S2. The molecule has 0 aliphatic carbocycles. The molecule has 1 fully saturated rings. The van der Waals surface area contributed by atoms with E-state index in [4.69, 9.17) is 17.0 Å². The van der Waals surface area contributed by atoms with Crippen LogP contribution in [-0.2, 0) is 4.79 Å². The van der Waals surface area contributed by atoms with Crippen LogP contribution in [0.2, 0.25) is 0 Å². The Labute approximate surface area is 193 Å². The number of hydrogen-bond acceptors (Lipinski definition) is 4. The molecule has 0 radical (unpaired) electrons. The van der Waals surface area contributed by atoms with Crippen LogP contribution in [-0.4, -0.2) is 16.8 Å². The quantitative estimate of drug-likeness (QED) is 0.230. The second-order valence-corrected chi connectivity index (χ2v) is 9.36. The molecule has 5 heteroatoms. The van der Waals surface area contributed by atoms with E-state index in [0.29, 0.717) is 15.8 Å². The van der Waals surface area contributed by atoms with E-state index in [1.807, 2.05) is 49.4 Å². The molecule has 0 saturated carbocycles. The summed E-state index contributed by atoms with van der Waals surface area (Å²) in [7, 11) is 0. The van der Waals surface area contributed by atoms with E-state index in [9.17, 15) is 4.79 Å². The molecule has 0 spiro atoms. The number of fused-ring (bicyclic) bond motifs is 1. The van der Waals surface area contributed by atoms with Crippen LogP contribution in [0.25, 0.3) is 16.8 Å². The average molecular weight is 448 g/mol. The van der Waals surface area contributed by atoms with Crippen LogP contribution in [0.3, 0.4) is 0 Å². The van der Waals surface area contributed by atoms with E-state index in [1.54, 1.807) is 4.90 Å². The summed E-state index contributed by atoms with van der Waals surface area (Å²) in [4.78, 5) is 15.6. The molecule has 0 unspecified atom stereocenters. The number of hydrogen-bond donors (Lipinski definition) is 0. The molecule has 3 nitrogen and oxygen atoms in total. The summed E-state index contributed by atoms with van der Waals surface area (Å²) >= 11 is 6.92. The van der Waals surface area contributed by atoms with Crippen LogP contribution in [0.4, 0.5) is 5.69 Å². The maximum absolute atomic E-state index is 13.3. The fourth-order valence-electron chi connectivity index (χ4n) is 3.56. The summed E-state index contributed by atoms with van der Waals surface area (Å²) < 4.78 is 6.64. The molecule has 3 aromatic carbocycles. The zero-order chi connectivity index (χ0) is 22.0. The summed E-state index contributed by atoms with van der Waals surface area (Å²) in [5.41, 5.74) is 4.06. The normalized spacial score (nSPS) is 15.3. The second-order valence-electron chi connectivity index (χ2n) is 7.69. The van der Waals surface area contributed by atoms with Gasteiger partial charge in [0.15, 0.2) is 4.32 Å². The number of amides is 1. The van der Waals surface area contributed by atoms with Gasteiger partial charge in [-0.25, -0.2) is 0 Å². The first-order valence-electron chi connectivity index (χ1n) is 10.5. The maximum Gasteiger partial charge on any atom is 0.270 e. The van der Waals surface area contributed by atoms with Gasteiger partial charge >= 0.3 is 0 Å². The Kier molecular flexibility index (Phi) is 6.44. The number of aryl methyl sites for hydroxylation is 2. The van der Waals surface area contributed by atoms with Crippen molar-refractivity contribution in [3.63, 3.8) is 0 Å². The van der Waals surface area contributed by atoms with Gasteiger partial charge in [-0.1, -0.05) is 73.7 Å². The Morgan fingerprint density at radius 1 is 1.06 bits per heavy atom. The molecule has 3 aromatic rings. The lowest BCUT2D eigenvalue weighted by Crippen LogP contribution is -2.27. The smallest absolute Gasteiger partial charge is 0.270 e. The lowest BCUT2D eigenvalue weighted by molar-refractivity contribution is -0.113. The minimum atomic E-state index is -0.0919. The Bertz CT molecular complexity index is 1200. The van der Waals surface area contributed by atoms with Crippen LogP contribution in [0.1, 0.15) is 36.5 Å². The van der Waals surface area contributed by atoms with Crippen molar-refractivity contribution in [2.45, 2.75) is 33.6 Å². The highest BCUT2D eigenvalue weighted by molar-refractivity contribution is 8.27. The SMILES string of the molecule is CCCCOc1ccc2ccccc2c1/C=C1/SC(=S)N(c2ccc(C)c(C)c2)C1=O. The van der Waals surface area contributed by atoms with Crippen molar-refractivity contribution in [1.82, 2.24) is 0 Å². The van der Waals surface area contributed by atoms with Crippen molar-refractivity contribution < 1.29 is 9.53 Å². The summed E-state index contributed by atoms with van der Waals surface area (Å²) in [6.45, 7) is 6.90. The summed E-state index contributed by atoms with van der Waals surface area (Å²) in [6, 6.07) is 18.2. The van der Waals surface area contributed by atoms with Crippen molar-refractivity contribution in [1.29, 1.82) is 0 Å². The van der Waals surface area contributed by atoms with Gasteiger partial charge in [0.05, 0.1) is 17.2 Å². The Morgan fingerprint density at radius 3 is 2.65 bits per heavy atom. The largest absolute Gasteiger partial charge is 0.493 e. The molecule has 1 saturated heterocycles. The Balaban J connectivity index is 1.75. The molecule has 1 amide bonds. The number of thiocarbonyl (C=S) groups is 1. The molecule has 0 aromatic heterocycles. The molecule has 0 N–H and O–H groups in total. The molecule has 0 atom stereocenters. The van der Waals surface area contributed by atoms with E-state index in [2.05, 4.69) is 32.0 Å². The van der Waals surface area contributed by atoms with Gasteiger partial charge in [0.25, 0.3) is 5.91 Å². The molecule has 158 valence electrons. The topological polar surface area (TPSA) is 29.5 Å². The predicted molar refractivity (Wildman–Crippen MR) is 136 cm³/mol. The average Bonchev–Trinajstić information content (AvgIpc) is 3.04. The third kappa shape index (κ3) is 4.39. The standard InChI is InChI=1S/C26H25NO2S2/c1-4-5-14-29-23-13-11-19-8-6-7-9-21(19)22(23)16-24-25(28)27(26(30)31-24)20-12-10-17(2)18(3)15-20/h6-13,15-16H,4-5,14H2,1-3H3/b24-16+. The summed E-state index contributed by atoms with van der Waals surface area (Å²) in [6.07, 6.45) is 3.99. The van der Waals surface area contributed by atoms with Gasteiger partial charge in [-0.3, -0.25) is 9.69 Å². The number of carbonyl (C=O) groups is 1. The van der Waals surface area contributed by atoms with Gasteiger partial charge in [-0.05, 0) is 66.4 Å². The van der Waals surface area contributed by atoms with E-state index in [0.717, 1.165) is 46.2 Å². The van der Waals surface area contributed by atoms with Gasteiger partial charge in [0, 0.05) is 5.56 Å². The molecule has 1 aliphatic heterocycles. The minimum Gasteiger partial charge on any atom is -0.493 e. The van der Waals surface area contributed by atoms with E-state index in [-0.39, 0.29) is 5.91 Å². The first kappa shape index (κ1) is 21.6. The van der Waals surface area contributed by atoms with Crippen molar-refractivity contribution >= 4 is 56.7 Å². The molecule has 0 bridgehead atoms. The highest BCUT2D eigenvalue weighted by Crippen LogP contribution is 2.39. The van der Waals surface area contributed by atoms with Gasteiger partial charge in [0.2, 0.25) is 0 Å². The number of thioether (sulfide) groups is 1. The molecule has 4 rings (SSSR count). The number of anilines is 1. The van der Waals surface area contributed by atoms with Gasteiger partial charge in [-0.15, -0.1) is 0 Å². The molecule has 1 heterocycles. The summed E-state index contributed by atoms with van der Waals surface area (Å²) in [5, 5.41) is 2.18. The van der Waals surface area contributed by atoms with E-state index >= 15 is 0 Å². The van der Waals surface area contributed by atoms with E-state index in [1.165, 1.54) is 17.3 Å². The van der Waals surface area contributed by atoms with Gasteiger partial charge < -0.3 is 4.74 Å². The van der Waals surface area contributed by atoms with Gasteiger partial charge in [-0.2, -0.15) is 0 Å². The van der Waals surface area contributed by atoms with E-state index < -0.39 is 0 Å². The first-order chi connectivity index (χ1) is 15.0. The first-order valence-corrected chi connectivity index (χ1v) is 11.7. The van der Waals surface area contributed by atoms with Crippen molar-refractivity contribution in [3.05, 3.63) is 76.2 Å². The van der Waals surface area contributed by atoms with Crippen LogP contribution in [0, 0.1) is 13.8 Å². The van der Waals surface area contributed by atoms with Crippen LogP contribution in [0.15, 0.2) is 59.5 Å². The van der Waals surface area contributed by atoms with Gasteiger partial charge in [0.1, 0.15) is 5.75 Å². The Morgan fingerprint density at radius 2 is 1.87 bits per heavy atom. The highest BCUT2D eigenvalue weighted by Gasteiger charge is 2.33. The number of rotatable bonds is 6. The number of unbranched alkanes of at least 4 members (excludes halogenated alkanes) is 1. The maximum atomic E-state index is 13.3.